The normalized spacial score (nSPS) is 28.0. The van der Waals surface area contributed by atoms with Crippen molar-refractivity contribution in [1.82, 2.24) is 0 Å². The van der Waals surface area contributed by atoms with Crippen molar-refractivity contribution in [3.63, 3.8) is 0 Å². The fourth-order valence-electron chi connectivity index (χ4n) is 2.56. The van der Waals surface area contributed by atoms with Crippen LogP contribution < -0.4 is 0 Å². The van der Waals surface area contributed by atoms with Gasteiger partial charge in [-0.15, -0.1) is 0 Å². The molecule has 1 saturated heterocycles. The number of carbonyl (C=O) groups excluding carboxylic acids is 4. The third kappa shape index (κ3) is 5.95. The Bertz CT molecular complexity index is 545. The van der Waals surface area contributed by atoms with Gasteiger partial charge in [-0.05, 0) is 6.92 Å². The first-order valence-corrected chi connectivity index (χ1v) is 8.04. The molecule has 4 unspecified atom stereocenters. The first-order valence-electron chi connectivity index (χ1n) is 8.04. The predicted molar refractivity (Wildman–Crippen MR) is 83.6 cm³/mol. The smallest absolute Gasteiger partial charge is 0.303 e. The summed E-state index contributed by atoms with van der Waals surface area (Å²) in [6, 6.07) is 0. The molecule has 0 radical (unpaired) electrons. The van der Waals surface area contributed by atoms with Crippen molar-refractivity contribution in [2.24, 2.45) is 0 Å². The van der Waals surface area contributed by atoms with Crippen molar-refractivity contribution in [1.29, 1.82) is 0 Å². The number of esters is 4. The molecular formula is C16H24O10. The maximum atomic E-state index is 11.6. The lowest BCUT2D eigenvalue weighted by atomic mass is 9.96. The molecule has 1 fully saturated rings. The van der Waals surface area contributed by atoms with Crippen LogP contribution in [0.3, 0.4) is 0 Å². The molecule has 1 aliphatic rings. The fourth-order valence-corrected chi connectivity index (χ4v) is 2.56. The van der Waals surface area contributed by atoms with E-state index in [0.29, 0.717) is 0 Å². The monoisotopic (exact) mass is 376 g/mol. The van der Waals surface area contributed by atoms with E-state index in [9.17, 15) is 19.2 Å². The lowest BCUT2D eigenvalue weighted by molar-refractivity contribution is -0.350. The highest BCUT2D eigenvalue weighted by molar-refractivity contribution is 5.68. The van der Waals surface area contributed by atoms with E-state index in [1.165, 1.54) is 13.8 Å². The lowest BCUT2D eigenvalue weighted by Crippen LogP contribution is -2.66. The molecule has 0 saturated carbocycles. The second kappa shape index (κ2) is 9.48. The minimum absolute atomic E-state index is 0.115. The standard InChI is InChI=1S/C16H24O10/c1-6-22-16(8-21-9(2)17)15(26-12(5)20)14(25-11(4)19)13(7-23-16)24-10(3)18/h13-15H,6-8H2,1-5H3. The molecule has 0 aliphatic carbocycles. The van der Waals surface area contributed by atoms with Crippen LogP contribution in [0.2, 0.25) is 0 Å². The highest BCUT2D eigenvalue weighted by Crippen LogP contribution is 2.34. The Morgan fingerprint density at radius 2 is 1.50 bits per heavy atom. The largest absolute Gasteiger partial charge is 0.460 e. The number of carbonyl (C=O) groups is 4. The van der Waals surface area contributed by atoms with E-state index in [4.69, 9.17) is 28.4 Å². The molecule has 0 amide bonds. The molecule has 0 bridgehead atoms. The maximum absolute atomic E-state index is 11.6. The zero-order valence-corrected chi connectivity index (χ0v) is 15.4. The zero-order valence-electron chi connectivity index (χ0n) is 15.4. The van der Waals surface area contributed by atoms with Gasteiger partial charge >= 0.3 is 23.9 Å². The van der Waals surface area contributed by atoms with Crippen LogP contribution in [0.4, 0.5) is 0 Å². The minimum atomic E-state index is -1.72. The van der Waals surface area contributed by atoms with Crippen LogP contribution >= 0.6 is 0 Å². The summed E-state index contributed by atoms with van der Waals surface area (Å²) in [4.78, 5) is 45.7. The SMILES string of the molecule is CCOC1(COC(C)=O)OCC(OC(C)=O)C(OC(C)=O)C1OC(C)=O. The molecule has 0 aromatic carbocycles. The van der Waals surface area contributed by atoms with Gasteiger partial charge in [-0.25, -0.2) is 0 Å². The molecular weight excluding hydrogens is 352 g/mol. The predicted octanol–water partition coefficient (Wildman–Crippen LogP) is 0.108. The summed E-state index contributed by atoms with van der Waals surface area (Å²) in [5, 5.41) is 0. The van der Waals surface area contributed by atoms with Crippen LogP contribution in [0, 0.1) is 0 Å². The third-order valence-corrected chi connectivity index (χ3v) is 3.37. The van der Waals surface area contributed by atoms with E-state index in [-0.39, 0.29) is 13.2 Å². The Morgan fingerprint density at radius 1 is 0.923 bits per heavy atom. The van der Waals surface area contributed by atoms with Gasteiger partial charge in [0.2, 0.25) is 5.79 Å². The summed E-state index contributed by atoms with van der Waals surface area (Å²) >= 11 is 0. The van der Waals surface area contributed by atoms with Crippen LogP contribution in [0.25, 0.3) is 0 Å². The molecule has 26 heavy (non-hydrogen) atoms. The fraction of sp³-hybridized carbons (Fsp3) is 0.750. The van der Waals surface area contributed by atoms with Crippen LogP contribution in [0.15, 0.2) is 0 Å². The first-order chi connectivity index (χ1) is 12.1. The molecule has 1 heterocycles. The van der Waals surface area contributed by atoms with Gasteiger partial charge in [0.15, 0.2) is 18.3 Å². The van der Waals surface area contributed by atoms with Crippen molar-refractivity contribution in [3.8, 4) is 0 Å². The quantitative estimate of drug-likeness (QED) is 0.446. The van der Waals surface area contributed by atoms with Crippen molar-refractivity contribution >= 4 is 23.9 Å². The highest BCUT2D eigenvalue weighted by Gasteiger charge is 2.57. The minimum Gasteiger partial charge on any atom is -0.460 e. The van der Waals surface area contributed by atoms with E-state index in [1.54, 1.807) is 6.92 Å². The number of hydrogen-bond donors (Lipinski definition) is 0. The van der Waals surface area contributed by atoms with E-state index in [1.807, 2.05) is 0 Å². The Balaban J connectivity index is 3.29. The Kier molecular flexibility index (Phi) is 7.97. The van der Waals surface area contributed by atoms with Gasteiger partial charge in [0.05, 0.1) is 6.61 Å². The second-order valence-corrected chi connectivity index (χ2v) is 5.59. The topological polar surface area (TPSA) is 124 Å². The van der Waals surface area contributed by atoms with Crippen LogP contribution in [0.5, 0.6) is 0 Å². The first kappa shape index (κ1) is 21.8. The summed E-state index contributed by atoms with van der Waals surface area (Å²) in [6.45, 7) is 5.79. The van der Waals surface area contributed by atoms with Gasteiger partial charge in [0.25, 0.3) is 0 Å². The highest BCUT2D eigenvalue weighted by atomic mass is 16.8. The van der Waals surface area contributed by atoms with Gasteiger partial charge in [-0.2, -0.15) is 0 Å². The number of rotatable bonds is 7. The molecule has 10 heteroatoms. The summed E-state index contributed by atoms with van der Waals surface area (Å²) in [6.07, 6.45) is -3.58. The third-order valence-electron chi connectivity index (χ3n) is 3.37. The van der Waals surface area contributed by atoms with Gasteiger partial charge in [0.1, 0.15) is 6.61 Å². The van der Waals surface area contributed by atoms with Gasteiger partial charge < -0.3 is 28.4 Å². The van der Waals surface area contributed by atoms with Crippen molar-refractivity contribution < 1.29 is 47.6 Å². The Hall–Kier alpha value is -2.20. The molecule has 148 valence electrons. The second-order valence-electron chi connectivity index (χ2n) is 5.59. The summed E-state index contributed by atoms with van der Waals surface area (Å²) in [5.74, 6) is -4.38. The lowest BCUT2D eigenvalue weighted by Gasteiger charge is -2.47. The van der Waals surface area contributed by atoms with E-state index in [0.717, 1.165) is 13.8 Å². The molecule has 1 rings (SSSR count). The number of hydrogen-bond acceptors (Lipinski definition) is 10. The van der Waals surface area contributed by atoms with Gasteiger partial charge in [-0.1, -0.05) is 0 Å². The summed E-state index contributed by atoms with van der Waals surface area (Å²) < 4.78 is 31.9. The zero-order chi connectivity index (χ0) is 19.9. The summed E-state index contributed by atoms with van der Waals surface area (Å²) in [7, 11) is 0. The van der Waals surface area contributed by atoms with Crippen molar-refractivity contribution in [3.05, 3.63) is 0 Å². The average Bonchev–Trinajstić information content (AvgIpc) is 2.50. The maximum Gasteiger partial charge on any atom is 0.303 e. The molecule has 0 spiro atoms. The van der Waals surface area contributed by atoms with Crippen LogP contribution in [-0.2, 0) is 47.6 Å². The van der Waals surface area contributed by atoms with E-state index >= 15 is 0 Å². The molecule has 0 aromatic heterocycles. The van der Waals surface area contributed by atoms with Gasteiger partial charge in [-0.3, -0.25) is 19.2 Å². The van der Waals surface area contributed by atoms with Crippen LogP contribution in [-0.4, -0.2) is 67.8 Å². The van der Waals surface area contributed by atoms with E-state index in [2.05, 4.69) is 0 Å². The van der Waals surface area contributed by atoms with Crippen molar-refractivity contribution in [2.45, 2.75) is 58.7 Å². The molecule has 0 N–H and O–H groups in total. The van der Waals surface area contributed by atoms with Gasteiger partial charge in [0, 0.05) is 34.3 Å². The molecule has 10 nitrogen and oxygen atoms in total. The Labute approximate surface area is 151 Å². The van der Waals surface area contributed by atoms with Crippen molar-refractivity contribution in [2.75, 3.05) is 19.8 Å². The summed E-state index contributed by atoms with van der Waals surface area (Å²) in [5.41, 5.74) is 0. The molecule has 0 aromatic rings. The molecule has 1 aliphatic heterocycles. The Morgan fingerprint density at radius 3 is 1.96 bits per heavy atom. The molecule has 4 atom stereocenters. The number of ether oxygens (including phenoxy) is 6. The van der Waals surface area contributed by atoms with E-state index < -0.39 is 54.6 Å². The average molecular weight is 376 g/mol. The van der Waals surface area contributed by atoms with Crippen LogP contribution in [0.1, 0.15) is 34.6 Å².